The molecule has 0 saturated heterocycles. The Morgan fingerprint density at radius 1 is 1.25 bits per heavy atom. The van der Waals surface area contributed by atoms with E-state index in [0.29, 0.717) is 5.02 Å². The van der Waals surface area contributed by atoms with Crippen molar-refractivity contribution in [3.63, 3.8) is 0 Å². The van der Waals surface area contributed by atoms with Crippen LogP contribution in [-0.4, -0.2) is 7.11 Å². The molecule has 0 heterocycles. The monoisotopic (exact) mass is 353 g/mol. The highest BCUT2D eigenvalue weighted by molar-refractivity contribution is 9.10. The minimum Gasteiger partial charge on any atom is -0.496 e. The van der Waals surface area contributed by atoms with Gasteiger partial charge in [-0.1, -0.05) is 36.7 Å². The van der Waals surface area contributed by atoms with Crippen molar-refractivity contribution in [2.24, 2.45) is 0 Å². The number of nitrogens with one attached hydrogen (secondary N) is 1. The van der Waals surface area contributed by atoms with Gasteiger partial charge in [0.2, 0.25) is 0 Å². The Hall–Kier alpha value is -1.19. The molecule has 0 aliphatic carbocycles. The van der Waals surface area contributed by atoms with E-state index < -0.39 is 0 Å². The number of rotatable bonds is 5. The maximum atomic E-state index is 6.02. The fourth-order valence-electron chi connectivity index (χ4n) is 2.14. The number of para-hydroxylation sites is 1. The summed E-state index contributed by atoms with van der Waals surface area (Å²) in [4.78, 5) is 0. The van der Waals surface area contributed by atoms with Crippen LogP contribution in [0.5, 0.6) is 5.75 Å². The van der Waals surface area contributed by atoms with Crippen LogP contribution in [0.15, 0.2) is 46.9 Å². The zero-order valence-electron chi connectivity index (χ0n) is 11.5. The minimum atomic E-state index is 0.194. The van der Waals surface area contributed by atoms with Gasteiger partial charge < -0.3 is 10.1 Å². The number of methoxy groups -OCH3 is 1. The van der Waals surface area contributed by atoms with E-state index in [9.17, 15) is 0 Å². The summed E-state index contributed by atoms with van der Waals surface area (Å²) in [5, 5.41) is 4.23. The van der Waals surface area contributed by atoms with Gasteiger partial charge in [-0.05, 0) is 46.6 Å². The molecule has 0 aromatic heterocycles. The molecule has 0 fully saturated rings. The Labute approximate surface area is 133 Å². The first-order valence-corrected chi connectivity index (χ1v) is 7.67. The van der Waals surface area contributed by atoms with Crippen molar-refractivity contribution in [3.05, 3.63) is 57.5 Å². The molecule has 1 N–H and O–H groups in total. The van der Waals surface area contributed by atoms with E-state index in [2.05, 4.69) is 34.2 Å². The summed E-state index contributed by atoms with van der Waals surface area (Å²) in [6, 6.07) is 14.1. The van der Waals surface area contributed by atoms with Gasteiger partial charge in [0.05, 0.1) is 18.2 Å². The average molecular weight is 355 g/mol. The molecular weight excluding hydrogens is 338 g/mol. The predicted molar refractivity (Wildman–Crippen MR) is 88.8 cm³/mol. The van der Waals surface area contributed by atoms with Crippen LogP contribution >= 0.6 is 27.5 Å². The maximum absolute atomic E-state index is 6.02. The summed E-state index contributed by atoms with van der Waals surface area (Å²) in [6.07, 6.45) is 0.959. The van der Waals surface area contributed by atoms with Crippen molar-refractivity contribution < 1.29 is 4.74 Å². The van der Waals surface area contributed by atoms with Crippen molar-refractivity contribution in [3.8, 4) is 5.75 Å². The van der Waals surface area contributed by atoms with Crippen molar-refractivity contribution in [1.82, 2.24) is 0 Å². The smallest absolute Gasteiger partial charge is 0.124 e. The molecule has 2 aromatic carbocycles. The summed E-state index contributed by atoms with van der Waals surface area (Å²) in [6.45, 7) is 2.15. The third-order valence-electron chi connectivity index (χ3n) is 3.18. The normalized spacial score (nSPS) is 12.0. The van der Waals surface area contributed by atoms with Crippen LogP contribution in [0.25, 0.3) is 0 Å². The number of halogens is 2. The van der Waals surface area contributed by atoms with E-state index in [1.807, 2.05) is 36.4 Å². The number of anilines is 1. The van der Waals surface area contributed by atoms with E-state index in [4.69, 9.17) is 16.3 Å². The van der Waals surface area contributed by atoms with Crippen molar-refractivity contribution in [2.45, 2.75) is 19.4 Å². The molecule has 2 nitrogen and oxygen atoms in total. The molecule has 2 aromatic rings. The lowest BCUT2D eigenvalue weighted by molar-refractivity contribution is 0.406. The highest BCUT2D eigenvalue weighted by Gasteiger charge is 2.14. The third-order valence-corrected chi connectivity index (χ3v) is 4.40. The van der Waals surface area contributed by atoms with Gasteiger partial charge in [0.15, 0.2) is 0 Å². The fraction of sp³-hybridized carbons (Fsp3) is 0.250. The topological polar surface area (TPSA) is 21.3 Å². The van der Waals surface area contributed by atoms with Gasteiger partial charge in [0.1, 0.15) is 5.75 Å². The van der Waals surface area contributed by atoms with Gasteiger partial charge >= 0.3 is 0 Å². The largest absolute Gasteiger partial charge is 0.496 e. The Kier molecular flexibility index (Phi) is 5.32. The van der Waals surface area contributed by atoms with Gasteiger partial charge in [0.25, 0.3) is 0 Å². The standard InChI is InChI=1S/C16H17BrClNO/c1-3-15(12-6-4-5-7-16(12)20-2)19-11-8-9-14(18)13(17)10-11/h4-10,15,19H,3H2,1-2H3. The van der Waals surface area contributed by atoms with Crippen LogP contribution in [0.2, 0.25) is 5.02 Å². The highest BCUT2D eigenvalue weighted by Crippen LogP contribution is 2.32. The van der Waals surface area contributed by atoms with Crippen LogP contribution in [0.4, 0.5) is 5.69 Å². The zero-order chi connectivity index (χ0) is 14.5. The number of ether oxygens (including phenoxy) is 1. The fourth-order valence-corrected chi connectivity index (χ4v) is 2.64. The lowest BCUT2D eigenvalue weighted by Crippen LogP contribution is -2.11. The van der Waals surface area contributed by atoms with Gasteiger partial charge in [0, 0.05) is 15.7 Å². The zero-order valence-corrected chi connectivity index (χ0v) is 13.8. The van der Waals surface area contributed by atoms with Gasteiger partial charge in [-0.3, -0.25) is 0 Å². The molecule has 1 unspecified atom stereocenters. The van der Waals surface area contributed by atoms with E-state index >= 15 is 0 Å². The summed E-state index contributed by atoms with van der Waals surface area (Å²) in [5.41, 5.74) is 2.18. The van der Waals surface area contributed by atoms with Crippen LogP contribution in [0.1, 0.15) is 24.9 Å². The molecule has 106 valence electrons. The number of benzene rings is 2. The lowest BCUT2D eigenvalue weighted by Gasteiger charge is -2.21. The Morgan fingerprint density at radius 2 is 2.00 bits per heavy atom. The Morgan fingerprint density at radius 3 is 2.65 bits per heavy atom. The summed E-state index contributed by atoms with van der Waals surface area (Å²) >= 11 is 9.47. The molecule has 0 spiro atoms. The molecule has 0 aliphatic heterocycles. The SMILES string of the molecule is CCC(Nc1ccc(Cl)c(Br)c1)c1ccccc1OC. The molecule has 4 heteroatoms. The molecule has 1 atom stereocenters. The molecule has 0 saturated carbocycles. The van der Waals surface area contributed by atoms with E-state index in [-0.39, 0.29) is 6.04 Å². The van der Waals surface area contributed by atoms with Gasteiger partial charge in [-0.15, -0.1) is 0 Å². The Bertz CT molecular complexity index is 588. The third kappa shape index (κ3) is 3.47. The van der Waals surface area contributed by atoms with Crippen LogP contribution < -0.4 is 10.1 Å². The molecule has 2 rings (SSSR count). The number of hydrogen-bond donors (Lipinski definition) is 1. The predicted octanol–water partition coefficient (Wildman–Crippen LogP) is 5.67. The van der Waals surface area contributed by atoms with Crippen LogP contribution in [0.3, 0.4) is 0 Å². The van der Waals surface area contributed by atoms with E-state index in [1.54, 1.807) is 7.11 Å². The van der Waals surface area contributed by atoms with E-state index in [0.717, 1.165) is 27.9 Å². The second-order valence-electron chi connectivity index (χ2n) is 4.48. The molecule has 20 heavy (non-hydrogen) atoms. The minimum absolute atomic E-state index is 0.194. The average Bonchev–Trinajstić information content (AvgIpc) is 2.48. The number of hydrogen-bond acceptors (Lipinski definition) is 2. The van der Waals surface area contributed by atoms with E-state index in [1.165, 1.54) is 0 Å². The Balaban J connectivity index is 2.26. The molecule has 0 bridgehead atoms. The second-order valence-corrected chi connectivity index (χ2v) is 5.74. The lowest BCUT2D eigenvalue weighted by atomic mass is 10.0. The molecular formula is C16H17BrClNO. The van der Waals surface area contributed by atoms with Crippen molar-refractivity contribution in [2.75, 3.05) is 12.4 Å². The van der Waals surface area contributed by atoms with Crippen LogP contribution in [-0.2, 0) is 0 Å². The van der Waals surface area contributed by atoms with Crippen molar-refractivity contribution >= 4 is 33.2 Å². The molecule has 0 amide bonds. The molecule has 0 radical (unpaired) electrons. The maximum Gasteiger partial charge on any atom is 0.124 e. The first-order valence-electron chi connectivity index (χ1n) is 6.50. The molecule has 0 aliphatic rings. The second kappa shape index (κ2) is 7.00. The quantitative estimate of drug-likeness (QED) is 0.746. The first kappa shape index (κ1) is 15.2. The summed E-state index contributed by atoms with van der Waals surface area (Å²) < 4.78 is 6.33. The highest BCUT2D eigenvalue weighted by atomic mass is 79.9. The first-order chi connectivity index (χ1) is 9.65. The van der Waals surface area contributed by atoms with Gasteiger partial charge in [-0.2, -0.15) is 0 Å². The summed E-state index contributed by atoms with van der Waals surface area (Å²) in [5.74, 6) is 0.903. The summed E-state index contributed by atoms with van der Waals surface area (Å²) in [7, 11) is 1.70. The van der Waals surface area contributed by atoms with Gasteiger partial charge in [-0.25, -0.2) is 0 Å². The van der Waals surface area contributed by atoms with Crippen molar-refractivity contribution in [1.29, 1.82) is 0 Å². The van der Waals surface area contributed by atoms with Crippen LogP contribution in [0, 0.1) is 0 Å².